The molecule has 4 heteroatoms. The number of hydrogen-bond acceptors (Lipinski definition) is 2. The van der Waals surface area contributed by atoms with Crippen LogP contribution in [0.15, 0.2) is 24.3 Å². The van der Waals surface area contributed by atoms with E-state index < -0.39 is 0 Å². The second-order valence-corrected chi connectivity index (χ2v) is 4.99. The first-order valence-corrected chi connectivity index (χ1v) is 5.68. The largest absolute Gasteiger partial charge is 0.508 e. The number of aromatic hydroxyl groups is 1. The van der Waals surface area contributed by atoms with E-state index in [-0.39, 0.29) is 16.5 Å². The van der Waals surface area contributed by atoms with Gasteiger partial charge in [-0.2, -0.15) is 0 Å². The summed E-state index contributed by atoms with van der Waals surface area (Å²) in [6, 6.07) is 6.72. The summed E-state index contributed by atoms with van der Waals surface area (Å²) < 4.78 is 0. The molecule has 1 amide bonds. The van der Waals surface area contributed by atoms with Crippen molar-refractivity contribution < 1.29 is 9.90 Å². The van der Waals surface area contributed by atoms with Crippen LogP contribution < -0.4 is 5.32 Å². The number of alkyl halides is 1. The fraction of sp³-hybridized carbons (Fsp3) is 0.364. The molecule has 0 radical (unpaired) electrons. The molecule has 1 unspecified atom stereocenters. The van der Waals surface area contributed by atoms with Crippen molar-refractivity contribution in [2.24, 2.45) is 0 Å². The Morgan fingerprint density at radius 2 is 2.33 bits per heavy atom. The molecule has 82 valence electrons. The maximum atomic E-state index is 11.4. The van der Waals surface area contributed by atoms with Gasteiger partial charge in [-0.1, -0.05) is 35.0 Å². The van der Waals surface area contributed by atoms with Crippen molar-refractivity contribution in [1.29, 1.82) is 0 Å². The Balaban J connectivity index is 2.44. The number of rotatable bonds is 4. The molecule has 0 bridgehead atoms. The Labute approximate surface area is 97.6 Å². The normalized spacial score (nSPS) is 12.1. The van der Waals surface area contributed by atoms with Gasteiger partial charge >= 0.3 is 0 Å². The van der Waals surface area contributed by atoms with Crippen molar-refractivity contribution in [3.05, 3.63) is 29.8 Å². The van der Waals surface area contributed by atoms with E-state index in [4.69, 9.17) is 0 Å². The van der Waals surface area contributed by atoms with E-state index in [1.54, 1.807) is 18.2 Å². The lowest BCUT2D eigenvalue weighted by Crippen LogP contribution is -2.29. The van der Waals surface area contributed by atoms with Crippen LogP contribution in [0, 0.1) is 0 Å². The molecule has 2 N–H and O–H groups in total. The topological polar surface area (TPSA) is 49.3 Å². The van der Waals surface area contributed by atoms with Gasteiger partial charge in [0, 0.05) is 11.4 Å². The van der Waals surface area contributed by atoms with Crippen molar-refractivity contribution in [3.63, 3.8) is 0 Å². The van der Waals surface area contributed by atoms with Crippen LogP contribution in [-0.2, 0) is 11.2 Å². The van der Waals surface area contributed by atoms with Crippen LogP contribution in [0.5, 0.6) is 5.75 Å². The highest BCUT2D eigenvalue weighted by Crippen LogP contribution is 2.11. The number of phenolic OH excluding ortho intramolecular Hbond substituents is 1. The van der Waals surface area contributed by atoms with E-state index in [0.717, 1.165) is 5.56 Å². The predicted octanol–water partition coefficient (Wildman–Crippen LogP) is 1.83. The van der Waals surface area contributed by atoms with Crippen molar-refractivity contribution in [2.75, 3.05) is 6.54 Å². The number of nitrogens with one attached hydrogen (secondary N) is 1. The first-order valence-electron chi connectivity index (χ1n) is 4.76. The van der Waals surface area contributed by atoms with Gasteiger partial charge in [-0.3, -0.25) is 4.79 Å². The number of carbonyl (C=O) groups is 1. The molecule has 0 fully saturated rings. The van der Waals surface area contributed by atoms with Gasteiger partial charge in [-0.05, 0) is 17.7 Å². The number of hydrogen-bond donors (Lipinski definition) is 2. The Bertz CT molecular complexity index is 339. The van der Waals surface area contributed by atoms with Crippen molar-refractivity contribution in [2.45, 2.75) is 18.2 Å². The highest BCUT2D eigenvalue weighted by molar-refractivity contribution is 9.09. The summed E-state index contributed by atoms with van der Waals surface area (Å²) in [6.07, 6.45) is 0.300. The smallest absolute Gasteiger partial charge is 0.224 e. The zero-order valence-electron chi connectivity index (χ0n) is 8.53. The van der Waals surface area contributed by atoms with E-state index in [9.17, 15) is 9.90 Å². The van der Waals surface area contributed by atoms with Crippen LogP contribution in [0.25, 0.3) is 0 Å². The van der Waals surface area contributed by atoms with Crippen molar-refractivity contribution in [3.8, 4) is 5.75 Å². The highest BCUT2D eigenvalue weighted by Gasteiger charge is 2.04. The number of amides is 1. The molecule has 1 rings (SSSR count). The van der Waals surface area contributed by atoms with Crippen LogP contribution in [0.4, 0.5) is 0 Å². The van der Waals surface area contributed by atoms with Gasteiger partial charge in [-0.15, -0.1) is 0 Å². The Kier molecular flexibility index (Phi) is 4.62. The molecule has 15 heavy (non-hydrogen) atoms. The van der Waals surface area contributed by atoms with Crippen LogP contribution in [0.2, 0.25) is 0 Å². The molecule has 0 aliphatic heterocycles. The molecule has 0 saturated carbocycles. The third-order valence-corrected chi connectivity index (χ3v) is 2.18. The minimum Gasteiger partial charge on any atom is -0.508 e. The first-order chi connectivity index (χ1) is 7.08. The van der Waals surface area contributed by atoms with Crippen LogP contribution >= 0.6 is 15.9 Å². The summed E-state index contributed by atoms with van der Waals surface area (Å²) in [5.41, 5.74) is 0.815. The zero-order valence-corrected chi connectivity index (χ0v) is 10.1. The van der Waals surface area contributed by atoms with Gasteiger partial charge in [0.15, 0.2) is 0 Å². The van der Waals surface area contributed by atoms with Gasteiger partial charge in [0.05, 0.1) is 6.42 Å². The Hall–Kier alpha value is -1.03. The van der Waals surface area contributed by atoms with Gasteiger partial charge in [-0.25, -0.2) is 0 Å². The fourth-order valence-electron chi connectivity index (χ4n) is 1.17. The second kappa shape index (κ2) is 5.75. The van der Waals surface area contributed by atoms with Crippen LogP contribution in [0.1, 0.15) is 12.5 Å². The van der Waals surface area contributed by atoms with Crippen LogP contribution in [-0.4, -0.2) is 22.4 Å². The molecule has 1 aromatic carbocycles. The number of benzene rings is 1. The highest BCUT2D eigenvalue weighted by atomic mass is 79.9. The van der Waals surface area contributed by atoms with E-state index in [2.05, 4.69) is 21.2 Å². The number of phenols is 1. The molecule has 0 aliphatic rings. The standard InChI is InChI=1S/C11H14BrNO2/c1-8(12)7-13-11(15)6-9-3-2-4-10(14)5-9/h2-5,8,14H,6-7H2,1H3,(H,13,15). The van der Waals surface area contributed by atoms with Crippen molar-refractivity contribution >= 4 is 21.8 Å². The van der Waals surface area contributed by atoms with Gasteiger partial charge in [0.25, 0.3) is 0 Å². The average molecular weight is 272 g/mol. The summed E-state index contributed by atoms with van der Waals surface area (Å²) in [5.74, 6) is 0.154. The fourth-order valence-corrected chi connectivity index (χ4v) is 1.33. The third-order valence-electron chi connectivity index (χ3n) is 1.86. The van der Waals surface area contributed by atoms with E-state index in [1.165, 1.54) is 0 Å². The van der Waals surface area contributed by atoms with Gasteiger partial charge in [0.1, 0.15) is 5.75 Å². The summed E-state index contributed by atoms with van der Waals surface area (Å²) in [4.78, 5) is 11.7. The molecule has 0 heterocycles. The van der Waals surface area contributed by atoms with Crippen LogP contribution in [0.3, 0.4) is 0 Å². The SMILES string of the molecule is CC(Br)CNC(=O)Cc1cccc(O)c1. The Morgan fingerprint density at radius 3 is 2.93 bits per heavy atom. The first kappa shape index (κ1) is 12.0. The monoisotopic (exact) mass is 271 g/mol. The summed E-state index contributed by atoms with van der Waals surface area (Å²) in [7, 11) is 0. The lowest BCUT2D eigenvalue weighted by atomic mass is 10.1. The molecule has 0 aromatic heterocycles. The van der Waals surface area contributed by atoms with E-state index in [0.29, 0.717) is 13.0 Å². The quantitative estimate of drug-likeness (QED) is 0.821. The lowest BCUT2D eigenvalue weighted by molar-refractivity contribution is -0.120. The predicted molar refractivity (Wildman–Crippen MR) is 63.2 cm³/mol. The van der Waals surface area contributed by atoms with Crippen molar-refractivity contribution in [1.82, 2.24) is 5.32 Å². The van der Waals surface area contributed by atoms with Gasteiger partial charge < -0.3 is 10.4 Å². The Morgan fingerprint density at radius 1 is 1.60 bits per heavy atom. The second-order valence-electron chi connectivity index (χ2n) is 3.43. The summed E-state index contributed by atoms with van der Waals surface area (Å²) in [6.45, 7) is 2.58. The molecule has 0 spiro atoms. The van der Waals surface area contributed by atoms with Gasteiger partial charge in [0.2, 0.25) is 5.91 Å². The molecule has 1 aromatic rings. The lowest BCUT2D eigenvalue weighted by Gasteiger charge is -2.06. The summed E-state index contributed by atoms with van der Waals surface area (Å²) in [5, 5.41) is 12.0. The summed E-state index contributed by atoms with van der Waals surface area (Å²) >= 11 is 3.35. The minimum absolute atomic E-state index is 0.0353. The van der Waals surface area contributed by atoms with E-state index in [1.807, 2.05) is 13.0 Å². The molecule has 0 aliphatic carbocycles. The molecule has 0 saturated heterocycles. The minimum atomic E-state index is -0.0353. The zero-order chi connectivity index (χ0) is 11.3. The molecule has 3 nitrogen and oxygen atoms in total. The number of halogens is 1. The molecular weight excluding hydrogens is 258 g/mol. The maximum Gasteiger partial charge on any atom is 0.224 e. The maximum absolute atomic E-state index is 11.4. The molecular formula is C11H14BrNO2. The average Bonchev–Trinajstić information content (AvgIpc) is 2.15. The third kappa shape index (κ3) is 4.83. The van der Waals surface area contributed by atoms with E-state index >= 15 is 0 Å². The number of carbonyl (C=O) groups excluding carboxylic acids is 1. The molecule has 1 atom stereocenters.